The van der Waals surface area contributed by atoms with Gasteiger partial charge in [0.1, 0.15) is 0 Å². The van der Waals surface area contributed by atoms with Crippen LogP contribution in [0.4, 0.5) is 18.9 Å². The van der Waals surface area contributed by atoms with E-state index in [4.69, 9.17) is 0 Å². The number of para-hydroxylation sites is 1. The van der Waals surface area contributed by atoms with E-state index in [0.29, 0.717) is 12.2 Å². The van der Waals surface area contributed by atoms with Gasteiger partial charge >= 0.3 is 6.18 Å². The van der Waals surface area contributed by atoms with Crippen molar-refractivity contribution >= 4 is 11.5 Å². The smallest absolute Gasteiger partial charge is 0.348 e. The first-order valence-corrected chi connectivity index (χ1v) is 10.4. The number of carbonyl (C=O) groups is 1. The number of ketones is 1. The van der Waals surface area contributed by atoms with Crippen molar-refractivity contribution in [3.8, 4) is 0 Å². The lowest BCUT2D eigenvalue weighted by Crippen LogP contribution is -2.27. The molecule has 0 saturated heterocycles. The Balaban J connectivity index is 0.00000151. The zero-order valence-corrected chi connectivity index (χ0v) is 18.6. The lowest BCUT2D eigenvalue weighted by molar-refractivity contribution is -0.166. The Hall–Kier alpha value is -2.82. The van der Waals surface area contributed by atoms with Crippen LogP contribution in [-0.2, 0) is 4.79 Å². The van der Waals surface area contributed by atoms with Gasteiger partial charge in [-0.25, -0.2) is 0 Å². The predicted molar refractivity (Wildman–Crippen MR) is 124 cm³/mol. The minimum absolute atomic E-state index is 0.0133. The summed E-state index contributed by atoms with van der Waals surface area (Å²) in [6.45, 7) is 12.0. The van der Waals surface area contributed by atoms with Crippen LogP contribution in [0.5, 0.6) is 0 Å². The van der Waals surface area contributed by atoms with Gasteiger partial charge in [0, 0.05) is 24.4 Å². The second kappa shape index (κ2) is 12.8. The number of halogens is 3. The topological polar surface area (TPSA) is 20.3 Å². The Morgan fingerprint density at radius 3 is 2.13 bits per heavy atom. The molecule has 1 aromatic rings. The Morgan fingerprint density at radius 1 is 1.13 bits per heavy atom. The third-order valence-corrected chi connectivity index (χ3v) is 4.39. The Bertz CT molecular complexity index is 845. The fourth-order valence-electron chi connectivity index (χ4n) is 2.69. The molecule has 167 valence electrons. The van der Waals surface area contributed by atoms with Gasteiger partial charge in [0.15, 0.2) is 0 Å². The molecule has 1 aliphatic rings. The molecule has 1 unspecified atom stereocenters. The van der Waals surface area contributed by atoms with Crippen molar-refractivity contribution in [2.24, 2.45) is 5.92 Å². The summed E-state index contributed by atoms with van der Waals surface area (Å²) in [4.78, 5) is 13.7. The van der Waals surface area contributed by atoms with Crippen molar-refractivity contribution in [2.75, 3.05) is 11.4 Å². The second-order valence-corrected chi connectivity index (χ2v) is 6.95. The highest BCUT2D eigenvalue weighted by atomic mass is 19.4. The normalized spacial score (nSPS) is 16.4. The summed E-state index contributed by atoms with van der Waals surface area (Å²) in [5.41, 5.74) is 1.16. The number of Topliss-reactive ketones (excluding diaryl/α,β-unsaturated/α-hetero) is 1. The molecule has 0 amide bonds. The zero-order valence-electron chi connectivity index (χ0n) is 18.6. The van der Waals surface area contributed by atoms with Crippen molar-refractivity contribution in [2.45, 2.75) is 40.3 Å². The van der Waals surface area contributed by atoms with Gasteiger partial charge in [0.25, 0.3) is 5.78 Å². The van der Waals surface area contributed by atoms with Gasteiger partial charge < -0.3 is 4.90 Å². The molecule has 0 N–H and O–H groups in total. The highest BCUT2D eigenvalue weighted by molar-refractivity contribution is 6.04. The van der Waals surface area contributed by atoms with Crippen LogP contribution in [0.25, 0.3) is 0 Å². The molecule has 1 atom stereocenters. The quantitative estimate of drug-likeness (QED) is 0.316. The molecule has 0 bridgehead atoms. The standard InChI is InChI=1S/C23H23F3NO.C3H8/c1-4-18(19-10-9-11-19)15-14-17(3)21(22(28)23(24,25)26)16-27(5-2)20-12-7-6-8-13-20;1-3-2/h4,6-16,19H,3,5H2,1-2H3;3H2,1-2H3/b15-14-,18-4+,21-16-;. The minimum atomic E-state index is -4.98. The number of allylic oxidation sites excluding steroid dienone is 8. The van der Waals surface area contributed by atoms with E-state index in [1.807, 2.05) is 37.6 Å². The summed E-state index contributed by atoms with van der Waals surface area (Å²) < 4.78 is 39.5. The van der Waals surface area contributed by atoms with E-state index in [1.165, 1.54) is 18.7 Å². The number of hydrogen-bond acceptors (Lipinski definition) is 2. The van der Waals surface area contributed by atoms with Crippen molar-refractivity contribution < 1.29 is 18.0 Å². The molecule has 0 saturated carbocycles. The first kappa shape index (κ1) is 26.2. The Kier molecular flexibility index (Phi) is 10.8. The van der Waals surface area contributed by atoms with E-state index in [2.05, 4.69) is 20.4 Å². The summed E-state index contributed by atoms with van der Waals surface area (Å²) in [5.74, 6) is -1.77. The first-order valence-electron chi connectivity index (χ1n) is 10.4. The maximum absolute atomic E-state index is 13.2. The zero-order chi connectivity index (χ0) is 23.4. The molecule has 0 aromatic heterocycles. The molecule has 5 heteroatoms. The largest absolute Gasteiger partial charge is 0.454 e. The molecule has 1 aliphatic carbocycles. The fourth-order valence-corrected chi connectivity index (χ4v) is 2.69. The van der Waals surface area contributed by atoms with Gasteiger partial charge in [0.05, 0.1) is 5.57 Å². The first-order chi connectivity index (χ1) is 14.7. The SMILES string of the molecule is C=C(/C=C\C(=C/C)C1[CH]C=C1)/C(=C/N(CC)c1ccccc1)C(=O)C(F)(F)F.CCC. The van der Waals surface area contributed by atoms with Crippen LogP contribution in [0.2, 0.25) is 0 Å². The van der Waals surface area contributed by atoms with Gasteiger partial charge in [-0.05, 0) is 43.5 Å². The van der Waals surface area contributed by atoms with Crippen molar-refractivity contribution in [1.29, 1.82) is 0 Å². The van der Waals surface area contributed by atoms with Crippen LogP contribution in [-0.4, -0.2) is 18.5 Å². The van der Waals surface area contributed by atoms with E-state index in [-0.39, 0.29) is 11.5 Å². The number of alkyl halides is 3. The maximum Gasteiger partial charge on any atom is 0.454 e. The average molecular weight is 431 g/mol. The Morgan fingerprint density at radius 2 is 1.71 bits per heavy atom. The summed E-state index contributed by atoms with van der Waals surface area (Å²) in [7, 11) is 0. The van der Waals surface area contributed by atoms with Gasteiger partial charge in [-0.15, -0.1) is 0 Å². The monoisotopic (exact) mass is 430 g/mol. The van der Waals surface area contributed by atoms with Crippen LogP contribution in [0.3, 0.4) is 0 Å². The molecule has 0 spiro atoms. The molecule has 0 fully saturated rings. The number of anilines is 1. The third-order valence-electron chi connectivity index (χ3n) is 4.39. The van der Waals surface area contributed by atoms with Crippen LogP contribution < -0.4 is 4.90 Å². The molecular weight excluding hydrogens is 399 g/mol. The second-order valence-electron chi connectivity index (χ2n) is 6.95. The van der Waals surface area contributed by atoms with Crippen LogP contribution in [0.15, 0.2) is 90.2 Å². The van der Waals surface area contributed by atoms with Gasteiger partial charge in [-0.3, -0.25) is 4.79 Å². The highest BCUT2D eigenvalue weighted by Crippen LogP contribution is 2.29. The van der Waals surface area contributed by atoms with Crippen LogP contribution >= 0.6 is 0 Å². The number of hydrogen-bond donors (Lipinski definition) is 0. The number of rotatable bonds is 8. The molecule has 1 aromatic carbocycles. The molecule has 31 heavy (non-hydrogen) atoms. The summed E-state index contributed by atoms with van der Waals surface area (Å²) >= 11 is 0. The molecule has 0 heterocycles. The van der Waals surface area contributed by atoms with Crippen molar-refractivity contribution in [1.82, 2.24) is 0 Å². The van der Waals surface area contributed by atoms with Gasteiger partial charge in [0.2, 0.25) is 0 Å². The average Bonchev–Trinajstić information content (AvgIpc) is 2.70. The van der Waals surface area contributed by atoms with E-state index >= 15 is 0 Å². The summed E-state index contributed by atoms with van der Waals surface area (Å²) in [6, 6.07) is 8.92. The number of nitrogens with zero attached hydrogens (tertiary/aromatic N) is 1. The maximum atomic E-state index is 13.2. The van der Waals surface area contributed by atoms with E-state index < -0.39 is 17.5 Å². The van der Waals surface area contributed by atoms with Crippen LogP contribution in [0, 0.1) is 12.3 Å². The molecule has 2 rings (SSSR count). The summed E-state index contributed by atoms with van der Waals surface area (Å²) in [5, 5.41) is 0. The Labute approximate surface area is 184 Å². The third kappa shape index (κ3) is 8.08. The van der Waals surface area contributed by atoms with Crippen molar-refractivity contribution in [3.05, 3.63) is 96.6 Å². The van der Waals surface area contributed by atoms with Crippen LogP contribution in [0.1, 0.15) is 34.1 Å². The lowest BCUT2D eigenvalue weighted by atomic mass is 9.86. The van der Waals surface area contributed by atoms with Crippen molar-refractivity contribution in [3.63, 3.8) is 0 Å². The number of carbonyl (C=O) groups excluding carboxylic acids is 1. The van der Waals surface area contributed by atoms with E-state index in [9.17, 15) is 18.0 Å². The fraction of sp³-hybridized carbons (Fsp3) is 0.308. The van der Waals surface area contributed by atoms with E-state index in [0.717, 1.165) is 5.57 Å². The molecule has 2 nitrogen and oxygen atoms in total. The molecule has 0 aliphatic heterocycles. The van der Waals surface area contributed by atoms with Gasteiger partial charge in [-0.2, -0.15) is 13.2 Å². The molecule has 1 radical (unpaired) electrons. The predicted octanol–water partition coefficient (Wildman–Crippen LogP) is 7.39. The number of benzene rings is 1. The lowest BCUT2D eigenvalue weighted by Gasteiger charge is -2.21. The van der Waals surface area contributed by atoms with E-state index in [1.54, 1.807) is 42.2 Å². The summed E-state index contributed by atoms with van der Waals surface area (Å²) in [6.07, 6.45) is 8.41. The molecular formula is C26H31F3NO. The minimum Gasteiger partial charge on any atom is -0.348 e. The van der Waals surface area contributed by atoms with Gasteiger partial charge in [-0.1, -0.05) is 75.4 Å². The highest BCUT2D eigenvalue weighted by Gasteiger charge is 2.41.